The Morgan fingerprint density at radius 2 is 2.29 bits per heavy atom. The summed E-state index contributed by atoms with van der Waals surface area (Å²) in [5, 5.41) is 12.4. The number of aromatic nitrogens is 1. The fourth-order valence-electron chi connectivity index (χ4n) is 2.98. The first-order chi connectivity index (χ1) is 10.1. The van der Waals surface area contributed by atoms with Crippen molar-refractivity contribution in [1.82, 2.24) is 9.88 Å². The van der Waals surface area contributed by atoms with Crippen molar-refractivity contribution in [2.45, 2.75) is 44.9 Å². The number of amides is 1. The van der Waals surface area contributed by atoms with Crippen LogP contribution in [0.25, 0.3) is 0 Å². The molecule has 21 heavy (non-hydrogen) atoms. The van der Waals surface area contributed by atoms with E-state index in [4.69, 9.17) is 0 Å². The Morgan fingerprint density at radius 3 is 2.86 bits per heavy atom. The minimum Gasteiger partial charge on any atom is -0.480 e. The lowest BCUT2D eigenvalue weighted by Gasteiger charge is -2.33. The molecule has 1 aromatic heterocycles. The molecular weight excluding hydrogens is 288 g/mol. The molecule has 1 aliphatic heterocycles. The van der Waals surface area contributed by atoms with Crippen molar-refractivity contribution in [3.8, 4) is 0 Å². The molecule has 2 heterocycles. The summed E-state index contributed by atoms with van der Waals surface area (Å²) in [6.07, 6.45) is 3.85. The first-order valence-corrected chi connectivity index (χ1v) is 8.42. The monoisotopic (exact) mass is 308 g/mol. The average molecular weight is 308 g/mol. The predicted molar refractivity (Wildman–Crippen MR) is 79.3 cm³/mol. The molecule has 1 atom stereocenters. The van der Waals surface area contributed by atoms with Crippen LogP contribution in [0.15, 0.2) is 5.38 Å². The van der Waals surface area contributed by atoms with E-state index in [-0.39, 0.29) is 11.8 Å². The Bertz CT molecular complexity index is 565. The number of hydrogen-bond acceptors (Lipinski definition) is 4. The van der Waals surface area contributed by atoms with Gasteiger partial charge in [0.2, 0.25) is 5.91 Å². The maximum absolute atomic E-state index is 12.5. The second kappa shape index (κ2) is 5.40. The van der Waals surface area contributed by atoms with Crippen molar-refractivity contribution in [1.29, 1.82) is 0 Å². The maximum Gasteiger partial charge on any atom is 0.319 e. The summed E-state index contributed by atoms with van der Waals surface area (Å²) in [6, 6.07) is 0. The van der Waals surface area contributed by atoms with Crippen LogP contribution in [0.4, 0.5) is 0 Å². The molecule has 1 unspecified atom stereocenters. The molecule has 2 fully saturated rings. The van der Waals surface area contributed by atoms with Crippen LogP contribution < -0.4 is 0 Å². The molecule has 5 nitrogen and oxygen atoms in total. The molecule has 1 saturated heterocycles. The van der Waals surface area contributed by atoms with E-state index in [9.17, 15) is 14.7 Å². The summed E-state index contributed by atoms with van der Waals surface area (Å²) in [6.45, 7) is 3.38. The largest absolute Gasteiger partial charge is 0.480 e. The van der Waals surface area contributed by atoms with Crippen molar-refractivity contribution >= 4 is 23.2 Å². The van der Waals surface area contributed by atoms with Crippen LogP contribution in [-0.4, -0.2) is 40.0 Å². The fourth-order valence-corrected chi connectivity index (χ4v) is 4.01. The van der Waals surface area contributed by atoms with E-state index in [2.05, 4.69) is 17.3 Å². The van der Waals surface area contributed by atoms with Crippen LogP contribution >= 0.6 is 11.3 Å². The first kappa shape index (κ1) is 14.5. The molecule has 0 spiro atoms. The number of piperidine rings is 1. The Morgan fingerprint density at radius 1 is 1.52 bits per heavy atom. The lowest BCUT2D eigenvalue weighted by atomic mass is 9.96. The molecular formula is C15H20N2O3S. The number of aryl methyl sites for hydroxylation is 1. The number of carbonyl (C=O) groups excluding carboxylic acids is 1. The van der Waals surface area contributed by atoms with Gasteiger partial charge in [0.15, 0.2) is 0 Å². The summed E-state index contributed by atoms with van der Waals surface area (Å²) >= 11 is 1.66. The van der Waals surface area contributed by atoms with Gasteiger partial charge in [0.1, 0.15) is 5.41 Å². The highest BCUT2D eigenvalue weighted by atomic mass is 32.1. The molecule has 2 aliphatic rings. The van der Waals surface area contributed by atoms with Gasteiger partial charge in [-0.15, -0.1) is 11.3 Å². The number of hydrogen-bond donors (Lipinski definition) is 1. The second-order valence-electron chi connectivity index (χ2n) is 6.01. The van der Waals surface area contributed by atoms with Crippen LogP contribution in [0.3, 0.4) is 0 Å². The van der Waals surface area contributed by atoms with Gasteiger partial charge in [0, 0.05) is 24.4 Å². The van der Waals surface area contributed by atoms with Crippen LogP contribution in [0.1, 0.15) is 49.2 Å². The maximum atomic E-state index is 12.5. The summed E-state index contributed by atoms with van der Waals surface area (Å²) < 4.78 is 0. The number of rotatable bonds is 4. The molecule has 0 aromatic carbocycles. The number of thiazole rings is 1. The molecule has 3 rings (SSSR count). The smallest absolute Gasteiger partial charge is 0.319 e. The first-order valence-electron chi connectivity index (χ1n) is 7.54. The van der Waals surface area contributed by atoms with Gasteiger partial charge in [-0.05, 0) is 32.1 Å². The van der Waals surface area contributed by atoms with Crippen molar-refractivity contribution in [2.24, 2.45) is 5.41 Å². The van der Waals surface area contributed by atoms with Gasteiger partial charge < -0.3 is 10.0 Å². The molecule has 1 N–H and O–H groups in total. The van der Waals surface area contributed by atoms with Crippen molar-refractivity contribution in [3.05, 3.63) is 16.1 Å². The van der Waals surface area contributed by atoms with Crippen molar-refractivity contribution in [3.63, 3.8) is 0 Å². The molecule has 6 heteroatoms. The van der Waals surface area contributed by atoms with Crippen LogP contribution in [0.5, 0.6) is 0 Å². The topological polar surface area (TPSA) is 70.5 Å². The minimum atomic E-state index is -1.11. The predicted octanol–water partition coefficient (Wildman–Crippen LogP) is 2.28. The molecule has 1 saturated carbocycles. The summed E-state index contributed by atoms with van der Waals surface area (Å²) in [5.41, 5.74) is -0.0121. The van der Waals surface area contributed by atoms with Crippen LogP contribution in [0, 0.1) is 5.41 Å². The number of carboxylic acids is 1. The van der Waals surface area contributed by atoms with Gasteiger partial charge in [-0.1, -0.05) is 6.92 Å². The highest BCUT2D eigenvalue weighted by Crippen LogP contribution is 2.48. The number of carbonyl (C=O) groups is 2. The molecule has 0 bridgehead atoms. The highest BCUT2D eigenvalue weighted by Gasteiger charge is 2.58. The van der Waals surface area contributed by atoms with E-state index < -0.39 is 11.4 Å². The van der Waals surface area contributed by atoms with Gasteiger partial charge in [-0.3, -0.25) is 9.59 Å². The Labute approximate surface area is 128 Å². The van der Waals surface area contributed by atoms with Crippen LogP contribution in [-0.2, 0) is 16.0 Å². The Balaban J connectivity index is 1.71. The lowest BCUT2D eigenvalue weighted by molar-refractivity contribution is -0.154. The van der Waals surface area contributed by atoms with Crippen molar-refractivity contribution in [2.75, 3.05) is 13.1 Å². The van der Waals surface area contributed by atoms with E-state index in [0.29, 0.717) is 25.9 Å². The van der Waals surface area contributed by atoms with Gasteiger partial charge in [0.05, 0.1) is 10.7 Å². The third kappa shape index (κ3) is 2.57. The molecule has 1 amide bonds. The van der Waals surface area contributed by atoms with E-state index in [1.54, 1.807) is 16.2 Å². The van der Waals surface area contributed by atoms with E-state index >= 15 is 0 Å². The standard InChI is InChI=1S/C15H20N2O3S/c1-2-11-9-21-12(16-11)10-4-3-7-17(8-10)13(18)15(5-6-15)14(19)20/h9-10H,2-8H2,1H3,(H,19,20). The highest BCUT2D eigenvalue weighted by molar-refractivity contribution is 7.09. The fraction of sp³-hybridized carbons (Fsp3) is 0.667. The van der Waals surface area contributed by atoms with E-state index in [1.165, 1.54) is 0 Å². The molecule has 0 radical (unpaired) electrons. The molecule has 114 valence electrons. The lowest BCUT2D eigenvalue weighted by Crippen LogP contribution is -2.45. The zero-order valence-corrected chi connectivity index (χ0v) is 13.0. The third-order valence-corrected chi connectivity index (χ3v) is 5.61. The summed E-state index contributed by atoms with van der Waals surface area (Å²) in [4.78, 5) is 30.2. The van der Waals surface area contributed by atoms with Crippen molar-refractivity contribution < 1.29 is 14.7 Å². The second-order valence-corrected chi connectivity index (χ2v) is 6.90. The number of carboxylic acid groups (broad SMARTS) is 1. The normalized spacial score (nSPS) is 23.9. The number of nitrogens with zero attached hydrogens (tertiary/aromatic N) is 2. The zero-order valence-electron chi connectivity index (χ0n) is 12.2. The zero-order chi connectivity index (χ0) is 15.0. The Hall–Kier alpha value is -1.43. The third-order valence-electron chi connectivity index (χ3n) is 4.56. The van der Waals surface area contributed by atoms with E-state index in [0.717, 1.165) is 30.0 Å². The summed E-state index contributed by atoms with van der Waals surface area (Å²) in [5.74, 6) is -0.887. The van der Waals surface area contributed by atoms with Gasteiger partial charge >= 0.3 is 5.97 Å². The molecule has 1 aliphatic carbocycles. The SMILES string of the molecule is CCc1csc(C2CCCN(C(=O)C3(C(=O)O)CC3)C2)n1. The van der Waals surface area contributed by atoms with E-state index in [1.807, 2.05) is 0 Å². The Kier molecular flexibility index (Phi) is 3.73. The number of likely N-dealkylation sites (tertiary alicyclic amines) is 1. The average Bonchev–Trinajstić information content (AvgIpc) is 3.18. The molecule has 1 aromatic rings. The van der Waals surface area contributed by atoms with Gasteiger partial charge in [0.25, 0.3) is 0 Å². The van der Waals surface area contributed by atoms with Crippen LogP contribution in [0.2, 0.25) is 0 Å². The summed E-state index contributed by atoms with van der Waals surface area (Å²) in [7, 11) is 0. The van der Waals surface area contributed by atoms with Gasteiger partial charge in [-0.25, -0.2) is 4.98 Å². The quantitative estimate of drug-likeness (QED) is 0.866. The van der Waals surface area contributed by atoms with Gasteiger partial charge in [-0.2, -0.15) is 0 Å². The minimum absolute atomic E-state index is 0.188. The number of aliphatic carboxylic acids is 1.